The number of nitrogens with zero attached hydrogens (tertiary/aromatic N) is 1. The van der Waals surface area contributed by atoms with E-state index in [9.17, 15) is 19.2 Å². The highest BCUT2D eigenvalue weighted by Gasteiger charge is 2.51. The molecule has 27 heavy (non-hydrogen) atoms. The van der Waals surface area contributed by atoms with Gasteiger partial charge in [-0.3, -0.25) is 9.59 Å². The first kappa shape index (κ1) is 19.1. The van der Waals surface area contributed by atoms with Crippen molar-refractivity contribution in [2.24, 2.45) is 0 Å². The van der Waals surface area contributed by atoms with Crippen molar-refractivity contribution >= 4 is 40.8 Å². The molecule has 1 spiro atoms. The molecule has 1 saturated heterocycles. The molecule has 0 radical (unpaired) electrons. The second-order valence-corrected chi connectivity index (χ2v) is 7.42. The van der Waals surface area contributed by atoms with Gasteiger partial charge in [0.05, 0.1) is 18.4 Å². The van der Waals surface area contributed by atoms with Gasteiger partial charge in [-0.1, -0.05) is 0 Å². The van der Waals surface area contributed by atoms with Crippen molar-refractivity contribution in [2.45, 2.75) is 32.3 Å². The molecule has 1 aromatic rings. The fourth-order valence-electron chi connectivity index (χ4n) is 3.50. The molecule has 1 aromatic heterocycles. The van der Waals surface area contributed by atoms with Crippen molar-refractivity contribution in [1.29, 1.82) is 0 Å². The van der Waals surface area contributed by atoms with Gasteiger partial charge in [0.2, 0.25) is 5.91 Å². The molecule has 2 amide bonds. The molecule has 0 unspecified atom stereocenters. The Morgan fingerprint density at radius 2 is 1.96 bits per heavy atom. The van der Waals surface area contributed by atoms with Crippen LogP contribution in [0.1, 0.15) is 36.4 Å². The molecular formula is C18H20N2O6S. The maximum Gasteiger partial charge on any atom is 0.350 e. The summed E-state index contributed by atoms with van der Waals surface area (Å²) in [4.78, 5) is 50.5. The van der Waals surface area contributed by atoms with Crippen LogP contribution in [-0.4, -0.2) is 54.5 Å². The summed E-state index contributed by atoms with van der Waals surface area (Å²) in [7, 11) is 1.27. The van der Waals surface area contributed by atoms with E-state index in [4.69, 9.17) is 9.47 Å². The number of anilines is 1. The van der Waals surface area contributed by atoms with Crippen molar-refractivity contribution < 1.29 is 28.7 Å². The summed E-state index contributed by atoms with van der Waals surface area (Å²) in [6.45, 7) is 3.84. The molecule has 0 aromatic carbocycles. The number of nitrogens with one attached hydrogen (secondary N) is 1. The number of rotatable bonds is 3. The largest absolute Gasteiger partial charge is 0.465 e. The number of thiophene rings is 1. The number of hydrogen-bond acceptors (Lipinski definition) is 7. The van der Waals surface area contributed by atoms with Crippen molar-refractivity contribution in [2.75, 3.05) is 25.5 Å². The minimum absolute atomic E-state index is 0.0538. The molecule has 2 aliphatic rings. The van der Waals surface area contributed by atoms with E-state index < -0.39 is 23.4 Å². The highest BCUT2D eigenvalue weighted by molar-refractivity contribution is 7.12. The lowest BCUT2D eigenvalue weighted by molar-refractivity contribution is -0.152. The topological polar surface area (TPSA) is 102 Å². The average molecular weight is 392 g/mol. The summed E-state index contributed by atoms with van der Waals surface area (Å²) < 4.78 is 10.3. The van der Waals surface area contributed by atoms with Crippen LogP contribution in [-0.2, 0) is 23.9 Å². The molecule has 0 atom stereocenters. The lowest BCUT2D eigenvalue weighted by atomic mass is 9.82. The standard InChI is InChI=1S/C18H20N2O6S/c1-10-13(15(22)19-12-4-9-27-14(12)17(24)25-3)18(26-16(10)23)5-7-20(8-6-18)11(2)21/h4,9H,5-8H2,1-3H3,(H,19,22). The molecule has 3 rings (SSSR count). The lowest BCUT2D eigenvalue weighted by Crippen LogP contribution is -2.49. The summed E-state index contributed by atoms with van der Waals surface area (Å²) in [5, 5.41) is 4.37. The number of hydrogen-bond donors (Lipinski definition) is 1. The van der Waals surface area contributed by atoms with Gasteiger partial charge in [0.15, 0.2) is 0 Å². The Bertz CT molecular complexity index is 848. The molecule has 0 saturated carbocycles. The molecule has 0 aliphatic carbocycles. The Labute approximate surface area is 160 Å². The van der Waals surface area contributed by atoms with E-state index in [-0.39, 0.29) is 21.9 Å². The van der Waals surface area contributed by atoms with Crippen molar-refractivity contribution in [1.82, 2.24) is 4.90 Å². The van der Waals surface area contributed by atoms with Gasteiger partial charge < -0.3 is 19.7 Å². The first-order chi connectivity index (χ1) is 12.8. The zero-order valence-corrected chi connectivity index (χ0v) is 16.1. The zero-order chi connectivity index (χ0) is 19.8. The Morgan fingerprint density at radius 1 is 1.30 bits per heavy atom. The number of carbonyl (C=O) groups is 4. The zero-order valence-electron chi connectivity index (χ0n) is 15.3. The summed E-state index contributed by atoms with van der Waals surface area (Å²) in [5.74, 6) is -1.62. The summed E-state index contributed by atoms with van der Waals surface area (Å²) in [5.41, 5.74) is -0.206. The third-order valence-electron chi connectivity index (χ3n) is 4.95. The quantitative estimate of drug-likeness (QED) is 0.786. The third kappa shape index (κ3) is 3.34. The van der Waals surface area contributed by atoms with Crippen LogP contribution < -0.4 is 5.32 Å². The summed E-state index contributed by atoms with van der Waals surface area (Å²) in [6, 6.07) is 1.60. The second-order valence-electron chi connectivity index (χ2n) is 6.50. The van der Waals surface area contributed by atoms with Gasteiger partial charge >= 0.3 is 11.9 Å². The van der Waals surface area contributed by atoms with E-state index in [1.807, 2.05) is 0 Å². The average Bonchev–Trinajstić information content (AvgIpc) is 3.17. The number of ether oxygens (including phenoxy) is 2. The van der Waals surface area contributed by atoms with Gasteiger partial charge in [-0.15, -0.1) is 11.3 Å². The third-order valence-corrected chi connectivity index (χ3v) is 5.85. The number of likely N-dealkylation sites (tertiary alicyclic amines) is 1. The molecule has 8 nitrogen and oxygen atoms in total. The van der Waals surface area contributed by atoms with Crippen LogP contribution in [0.3, 0.4) is 0 Å². The van der Waals surface area contributed by atoms with Gasteiger partial charge in [-0.25, -0.2) is 9.59 Å². The van der Waals surface area contributed by atoms with Crippen LogP contribution in [0, 0.1) is 0 Å². The fraction of sp³-hybridized carbons (Fsp3) is 0.444. The molecule has 1 fully saturated rings. The van der Waals surface area contributed by atoms with E-state index in [0.717, 1.165) is 11.3 Å². The van der Waals surface area contributed by atoms with Crippen LogP contribution in [0.15, 0.2) is 22.6 Å². The molecule has 1 N–H and O–H groups in total. The summed E-state index contributed by atoms with van der Waals surface area (Å²) >= 11 is 1.15. The van der Waals surface area contributed by atoms with Gasteiger partial charge in [-0.2, -0.15) is 0 Å². The maximum atomic E-state index is 13.0. The minimum atomic E-state index is -1.04. The Morgan fingerprint density at radius 3 is 2.56 bits per heavy atom. The van der Waals surface area contributed by atoms with Gasteiger partial charge in [-0.05, 0) is 18.4 Å². The lowest BCUT2D eigenvalue weighted by Gasteiger charge is -2.39. The monoisotopic (exact) mass is 392 g/mol. The Balaban J connectivity index is 1.86. The molecule has 0 bridgehead atoms. The Hall–Kier alpha value is -2.68. The highest BCUT2D eigenvalue weighted by Crippen LogP contribution is 2.41. The summed E-state index contributed by atoms with van der Waals surface area (Å²) in [6.07, 6.45) is 0.706. The van der Waals surface area contributed by atoms with Crippen LogP contribution in [0.25, 0.3) is 0 Å². The van der Waals surface area contributed by atoms with E-state index in [1.165, 1.54) is 14.0 Å². The van der Waals surface area contributed by atoms with Crippen LogP contribution >= 0.6 is 11.3 Å². The van der Waals surface area contributed by atoms with Crippen LogP contribution in [0.2, 0.25) is 0 Å². The second kappa shape index (κ2) is 7.15. The molecule has 144 valence electrons. The minimum Gasteiger partial charge on any atom is -0.465 e. The maximum absolute atomic E-state index is 13.0. The molecule has 3 heterocycles. The fourth-order valence-corrected chi connectivity index (χ4v) is 4.27. The molecule has 2 aliphatic heterocycles. The predicted molar refractivity (Wildman–Crippen MR) is 97.3 cm³/mol. The molecule has 9 heteroatoms. The number of esters is 2. The predicted octanol–water partition coefficient (Wildman–Crippen LogP) is 1.73. The van der Waals surface area contributed by atoms with Crippen molar-refractivity contribution in [3.63, 3.8) is 0 Å². The first-order valence-electron chi connectivity index (χ1n) is 8.46. The number of carbonyl (C=O) groups excluding carboxylic acids is 4. The van der Waals surface area contributed by atoms with Crippen molar-refractivity contribution in [3.05, 3.63) is 27.5 Å². The van der Waals surface area contributed by atoms with Gasteiger partial charge in [0.1, 0.15) is 10.5 Å². The normalized spacial score (nSPS) is 18.5. The van der Waals surface area contributed by atoms with Crippen molar-refractivity contribution in [3.8, 4) is 0 Å². The van der Waals surface area contributed by atoms with Crippen LogP contribution in [0.5, 0.6) is 0 Å². The number of methoxy groups -OCH3 is 1. The van der Waals surface area contributed by atoms with Gasteiger partial charge in [0, 0.05) is 38.4 Å². The first-order valence-corrected chi connectivity index (χ1v) is 9.34. The SMILES string of the molecule is COC(=O)c1sccc1NC(=O)C1=C(C)C(=O)OC12CCN(C(C)=O)CC2. The Kier molecular flexibility index (Phi) is 5.05. The van der Waals surface area contributed by atoms with Gasteiger partial charge in [0.25, 0.3) is 5.91 Å². The van der Waals surface area contributed by atoms with Crippen LogP contribution in [0.4, 0.5) is 5.69 Å². The number of piperidine rings is 1. The smallest absolute Gasteiger partial charge is 0.350 e. The highest BCUT2D eigenvalue weighted by atomic mass is 32.1. The number of amides is 2. The van der Waals surface area contributed by atoms with E-state index in [1.54, 1.807) is 23.3 Å². The van der Waals surface area contributed by atoms with E-state index in [0.29, 0.717) is 31.6 Å². The van der Waals surface area contributed by atoms with E-state index in [2.05, 4.69) is 5.32 Å². The molecular weight excluding hydrogens is 372 g/mol. The van der Waals surface area contributed by atoms with E-state index >= 15 is 0 Å².